The van der Waals surface area contributed by atoms with Crippen molar-refractivity contribution < 1.29 is 9.59 Å². The van der Waals surface area contributed by atoms with Gasteiger partial charge in [0.1, 0.15) is 0 Å². The molecule has 0 spiro atoms. The summed E-state index contributed by atoms with van der Waals surface area (Å²) in [6.45, 7) is 4.26. The molecular formula is C24H24N2O2S2. The first-order chi connectivity index (χ1) is 14.5. The zero-order valence-electron chi connectivity index (χ0n) is 17.2. The molecule has 6 heteroatoms. The van der Waals surface area contributed by atoms with Crippen LogP contribution in [0.15, 0.2) is 40.7 Å². The quantitative estimate of drug-likeness (QED) is 0.378. The molecule has 4 nitrogen and oxygen atoms in total. The fourth-order valence-electron chi connectivity index (χ4n) is 4.66. The van der Waals surface area contributed by atoms with Gasteiger partial charge in [-0.2, -0.15) is 0 Å². The molecule has 154 valence electrons. The molecule has 0 unspecified atom stereocenters. The molecule has 1 aromatic heterocycles. The molecule has 3 aromatic rings. The van der Waals surface area contributed by atoms with Gasteiger partial charge in [-0.15, -0.1) is 11.3 Å². The van der Waals surface area contributed by atoms with Crippen molar-refractivity contribution in [2.45, 2.75) is 49.6 Å². The molecule has 2 amide bonds. The molecule has 0 bridgehead atoms. The lowest BCUT2D eigenvalue weighted by molar-refractivity contribution is -0.122. The van der Waals surface area contributed by atoms with Gasteiger partial charge in [-0.05, 0) is 56.0 Å². The second kappa shape index (κ2) is 7.82. The number of rotatable bonds is 4. The third kappa shape index (κ3) is 3.46. The van der Waals surface area contributed by atoms with Crippen molar-refractivity contribution in [1.29, 1.82) is 0 Å². The van der Waals surface area contributed by atoms with E-state index in [0.29, 0.717) is 5.69 Å². The highest BCUT2D eigenvalue weighted by Crippen LogP contribution is 2.41. The van der Waals surface area contributed by atoms with Crippen LogP contribution in [0.2, 0.25) is 0 Å². The minimum atomic E-state index is -0.118. The van der Waals surface area contributed by atoms with Crippen LogP contribution in [0.1, 0.15) is 42.4 Å². The summed E-state index contributed by atoms with van der Waals surface area (Å²) in [5, 5.41) is 0. The lowest BCUT2D eigenvalue weighted by Crippen LogP contribution is -2.30. The van der Waals surface area contributed by atoms with Gasteiger partial charge < -0.3 is 0 Å². The highest BCUT2D eigenvalue weighted by Gasteiger charge is 2.48. The van der Waals surface area contributed by atoms with Gasteiger partial charge in [0.15, 0.2) is 4.34 Å². The molecule has 1 saturated carbocycles. The molecule has 5 rings (SSSR count). The van der Waals surface area contributed by atoms with Gasteiger partial charge in [-0.1, -0.05) is 48.4 Å². The second-order valence-corrected chi connectivity index (χ2v) is 10.6. The van der Waals surface area contributed by atoms with Crippen molar-refractivity contribution in [3.05, 3.63) is 53.1 Å². The number of amides is 2. The number of carbonyl (C=O) groups excluding carboxylic acids is 2. The number of hydrogen-bond acceptors (Lipinski definition) is 5. The van der Waals surface area contributed by atoms with E-state index in [1.807, 2.05) is 18.2 Å². The fourth-order valence-corrected chi connectivity index (χ4v) is 6.83. The predicted molar refractivity (Wildman–Crippen MR) is 123 cm³/mol. The van der Waals surface area contributed by atoms with Crippen LogP contribution >= 0.6 is 23.1 Å². The number of fused-ring (bicyclic) bond motifs is 2. The Morgan fingerprint density at radius 2 is 1.77 bits per heavy atom. The first kappa shape index (κ1) is 19.8. The third-order valence-electron chi connectivity index (χ3n) is 6.30. The van der Waals surface area contributed by atoms with Crippen molar-refractivity contribution in [2.75, 3.05) is 4.90 Å². The van der Waals surface area contributed by atoms with Crippen LogP contribution in [-0.2, 0) is 15.3 Å². The summed E-state index contributed by atoms with van der Waals surface area (Å²) < 4.78 is 2.03. The minimum Gasteiger partial charge on any atom is -0.274 e. The summed E-state index contributed by atoms with van der Waals surface area (Å²) in [6, 6.07) is 12.3. The Bertz CT molecular complexity index is 1130. The number of thiazole rings is 1. The summed E-state index contributed by atoms with van der Waals surface area (Å²) in [7, 11) is 0. The summed E-state index contributed by atoms with van der Waals surface area (Å²) in [5.41, 5.74) is 5.52. The van der Waals surface area contributed by atoms with Crippen LogP contribution in [0.3, 0.4) is 0 Å². The van der Waals surface area contributed by atoms with E-state index in [4.69, 9.17) is 4.98 Å². The molecule has 1 saturated heterocycles. The molecule has 2 fully saturated rings. The van der Waals surface area contributed by atoms with E-state index < -0.39 is 0 Å². The van der Waals surface area contributed by atoms with Crippen LogP contribution in [0, 0.1) is 25.7 Å². The normalized spacial score (nSPS) is 21.5. The Morgan fingerprint density at radius 1 is 1.03 bits per heavy atom. The number of thioether (sulfide) groups is 1. The van der Waals surface area contributed by atoms with E-state index in [2.05, 4.69) is 32.0 Å². The zero-order valence-corrected chi connectivity index (χ0v) is 18.8. The van der Waals surface area contributed by atoms with Crippen LogP contribution < -0.4 is 4.90 Å². The number of anilines is 1. The highest BCUT2D eigenvalue weighted by molar-refractivity contribution is 8.00. The van der Waals surface area contributed by atoms with Crippen molar-refractivity contribution in [1.82, 2.24) is 4.98 Å². The molecule has 2 atom stereocenters. The molecule has 30 heavy (non-hydrogen) atoms. The largest absolute Gasteiger partial charge is 0.274 e. The molecule has 2 heterocycles. The average Bonchev–Trinajstić information content (AvgIpc) is 3.25. The maximum Gasteiger partial charge on any atom is 0.237 e. The zero-order chi connectivity index (χ0) is 20.8. The molecule has 2 aliphatic rings. The van der Waals surface area contributed by atoms with Gasteiger partial charge in [-0.25, -0.2) is 4.98 Å². The smallest absolute Gasteiger partial charge is 0.237 e. The maximum absolute atomic E-state index is 12.9. The van der Waals surface area contributed by atoms with E-state index in [1.165, 1.54) is 21.6 Å². The van der Waals surface area contributed by atoms with Crippen LogP contribution in [0.5, 0.6) is 0 Å². The predicted octanol–water partition coefficient (Wildman–Crippen LogP) is 5.89. The molecule has 0 radical (unpaired) electrons. The SMILES string of the molecule is Cc1ccc(CSc2nc3ccc(N4C(=O)[C@H]5CCCC[C@@H]5C4=O)cc3s2)c(C)c1. The van der Waals surface area contributed by atoms with E-state index in [-0.39, 0.29) is 23.7 Å². The summed E-state index contributed by atoms with van der Waals surface area (Å²) in [4.78, 5) is 32.0. The van der Waals surface area contributed by atoms with Crippen LogP contribution in [0.4, 0.5) is 5.69 Å². The lowest BCUT2D eigenvalue weighted by Gasteiger charge is -2.19. The van der Waals surface area contributed by atoms with Gasteiger partial charge in [-0.3, -0.25) is 14.5 Å². The van der Waals surface area contributed by atoms with Crippen molar-refractivity contribution >= 4 is 50.8 Å². The summed E-state index contributed by atoms with van der Waals surface area (Å²) >= 11 is 3.36. The van der Waals surface area contributed by atoms with Gasteiger partial charge in [0, 0.05) is 5.75 Å². The first-order valence-corrected chi connectivity index (χ1v) is 12.3. The Hall–Kier alpha value is -2.18. The third-order valence-corrected chi connectivity index (χ3v) is 8.51. The molecule has 1 aliphatic carbocycles. The fraction of sp³-hybridized carbons (Fsp3) is 0.375. The van der Waals surface area contributed by atoms with Crippen molar-refractivity contribution in [3.63, 3.8) is 0 Å². The average molecular weight is 437 g/mol. The molecule has 0 N–H and O–H groups in total. The van der Waals surface area contributed by atoms with E-state index >= 15 is 0 Å². The number of nitrogens with zero attached hydrogens (tertiary/aromatic N) is 2. The van der Waals surface area contributed by atoms with Crippen molar-refractivity contribution in [2.24, 2.45) is 11.8 Å². The van der Waals surface area contributed by atoms with Gasteiger partial charge in [0.25, 0.3) is 0 Å². The topological polar surface area (TPSA) is 50.3 Å². The first-order valence-electron chi connectivity index (χ1n) is 10.5. The molecular weight excluding hydrogens is 412 g/mol. The van der Waals surface area contributed by atoms with Crippen LogP contribution in [0.25, 0.3) is 10.2 Å². The summed E-state index contributed by atoms with van der Waals surface area (Å²) in [6.07, 6.45) is 3.77. The number of carbonyl (C=O) groups is 2. The maximum atomic E-state index is 12.9. The lowest BCUT2D eigenvalue weighted by atomic mass is 9.81. The van der Waals surface area contributed by atoms with Gasteiger partial charge in [0.2, 0.25) is 11.8 Å². The van der Waals surface area contributed by atoms with E-state index in [1.54, 1.807) is 23.1 Å². The standard InChI is InChI=1S/C24H24N2O2S2/c1-14-7-8-16(15(2)11-14)13-29-24-25-20-10-9-17(12-21(20)30-24)26-22(27)18-5-3-4-6-19(18)23(26)28/h7-12,18-19H,3-6,13H2,1-2H3/t18-,19-/m0/s1. The number of aromatic nitrogens is 1. The Morgan fingerprint density at radius 3 is 2.47 bits per heavy atom. The van der Waals surface area contributed by atoms with E-state index in [0.717, 1.165) is 46.0 Å². The number of aryl methyl sites for hydroxylation is 2. The van der Waals surface area contributed by atoms with E-state index in [9.17, 15) is 9.59 Å². The Labute approximate surface area is 184 Å². The Balaban J connectivity index is 1.38. The molecule has 1 aliphatic heterocycles. The van der Waals surface area contributed by atoms with Crippen LogP contribution in [-0.4, -0.2) is 16.8 Å². The Kier molecular flexibility index (Phi) is 5.15. The number of benzene rings is 2. The molecule has 2 aromatic carbocycles. The number of hydrogen-bond donors (Lipinski definition) is 0. The van der Waals surface area contributed by atoms with Gasteiger partial charge in [0.05, 0.1) is 27.7 Å². The summed E-state index contributed by atoms with van der Waals surface area (Å²) in [5.74, 6) is 0.612. The van der Waals surface area contributed by atoms with Gasteiger partial charge >= 0.3 is 0 Å². The van der Waals surface area contributed by atoms with Crippen molar-refractivity contribution in [3.8, 4) is 0 Å². The second-order valence-electron chi connectivity index (χ2n) is 8.36. The monoisotopic (exact) mass is 436 g/mol. The highest BCUT2D eigenvalue weighted by atomic mass is 32.2. The minimum absolute atomic E-state index is 0.0157. The number of imide groups is 1.